The molecule has 1 aliphatic rings. The molecule has 4 N–H and O–H groups in total. The van der Waals surface area contributed by atoms with Gasteiger partial charge in [-0.15, -0.1) is 0 Å². The third kappa shape index (κ3) is 5.34. The van der Waals surface area contributed by atoms with Gasteiger partial charge in [0.25, 0.3) is 5.91 Å². The minimum Gasteiger partial charge on any atom is -0.479 e. The molecule has 172 valence electrons. The fourth-order valence-electron chi connectivity index (χ4n) is 4.16. The summed E-state index contributed by atoms with van der Waals surface area (Å²) in [5, 5.41) is 14.9. The standard InChI is InChI=1S/C23H30N4O5/c1-11-6-12(2)18(13(3)7-11)27-21(28)14(4)17(8-16-9-24-10-25-16)15(5)26-22(29)19-20(32-19)23(30)31/h6-7,9-10,14-15,17,19-20H,8H2,1-5H3,(H,24,25)(H,26,29)(H,27,28)(H,30,31). The van der Waals surface area contributed by atoms with Crippen molar-refractivity contribution in [2.24, 2.45) is 11.8 Å². The van der Waals surface area contributed by atoms with Crippen LogP contribution < -0.4 is 10.6 Å². The maximum absolute atomic E-state index is 13.2. The van der Waals surface area contributed by atoms with Crippen LogP contribution in [0, 0.1) is 32.6 Å². The van der Waals surface area contributed by atoms with Gasteiger partial charge in [0, 0.05) is 29.5 Å². The van der Waals surface area contributed by atoms with E-state index in [0.717, 1.165) is 28.1 Å². The molecular weight excluding hydrogens is 412 g/mol. The van der Waals surface area contributed by atoms with Crippen molar-refractivity contribution in [1.29, 1.82) is 0 Å². The van der Waals surface area contributed by atoms with Crippen molar-refractivity contribution >= 4 is 23.5 Å². The fourth-order valence-corrected chi connectivity index (χ4v) is 4.16. The molecule has 1 aliphatic heterocycles. The lowest BCUT2D eigenvalue weighted by atomic mass is 9.83. The monoisotopic (exact) mass is 442 g/mol. The topological polar surface area (TPSA) is 137 Å². The van der Waals surface area contributed by atoms with E-state index in [1.165, 1.54) is 0 Å². The van der Waals surface area contributed by atoms with Gasteiger partial charge >= 0.3 is 5.97 Å². The van der Waals surface area contributed by atoms with E-state index < -0.39 is 36.0 Å². The van der Waals surface area contributed by atoms with Crippen molar-refractivity contribution in [3.63, 3.8) is 0 Å². The van der Waals surface area contributed by atoms with Crippen molar-refractivity contribution in [3.8, 4) is 0 Å². The maximum Gasteiger partial charge on any atom is 0.336 e. The number of aromatic nitrogens is 2. The second kappa shape index (κ2) is 9.52. The minimum atomic E-state index is -1.16. The Balaban J connectivity index is 1.74. The number of rotatable bonds is 9. The molecule has 1 fully saturated rings. The molecule has 1 aromatic heterocycles. The predicted octanol–water partition coefficient (Wildman–Crippen LogP) is 2.13. The van der Waals surface area contributed by atoms with Gasteiger partial charge in [-0.2, -0.15) is 0 Å². The van der Waals surface area contributed by atoms with Crippen LogP contribution in [0.4, 0.5) is 5.69 Å². The van der Waals surface area contributed by atoms with Crippen LogP contribution in [0.5, 0.6) is 0 Å². The van der Waals surface area contributed by atoms with Crippen molar-refractivity contribution in [1.82, 2.24) is 15.3 Å². The Morgan fingerprint density at radius 2 is 1.81 bits per heavy atom. The summed E-state index contributed by atoms with van der Waals surface area (Å²) in [6.45, 7) is 9.56. The number of hydrogen-bond donors (Lipinski definition) is 4. The van der Waals surface area contributed by atoms with Gasteiger partial charge in [0.15, 0.2) is 12.2 Å². The van der Waals surface area contributed by atoms with Gasteiger partial charge in [-0.05, 0) is 51.2 Å². The fraction of sp³-hybridized carbons (Fsp3) is 0.478. The molecule has 2 aromatic rings. The highest BCUT2D eigenvalue weighted by Crippen LogP contribution is 2.27. The number of carboxylic acids is 1. The number of carboxylic acid groups (broad SMARTS) is 1. The summed E-state index contributed by atoms with van der Waals surface area (Å²) >= 11 is 0. The molecular formula is C23H30N4O5. The number of carbonyl (C=O) groups is 3. The molecule has 0 radical (unpaired) electrons. The van der Waals surface area contributed by atoms with Crippen LogP contribution in [0.25, 0.3) is 0 Å². The molecule has 3 rings (SSSR count). The number of imidazole rings is 1. The van der Waals surface area contributed by atoms with Crippen molar-refractivity contribution < 1.29 is 24.2 Å². The molecule has 2 heterocycles. The highest BCUT2D eigenvalue weighted by atomic mass is 16.6. The van der Waals surface area contributed by atoms with Gasteiger partial charge in [0.1, 0.15) is 0 Å². The summed E-state index contributed by atoms with van der Waals surface area (Å²) in [5.41, 5.74) is 4.73. The summed E-state index contributed by atoms with van der Waals surface area (Å²) in [7, 11) is 0. The van der Waals surface area contributed by atoms with Crippen LogP contribution in [0.2, 0.25) is 0 Å². The van der Waals surface area contributed by atoms with Gasteiger partial charge in [0.05, 0.1) is 6.33 Å². The average Bonchev–Trinajstić information content (AvgIpc) is 3.37. The first-order valence-electron chi connectivity index (χ1n) is 10.6. The van der Waals surface area contributed by atoms with E-state index in [0.29, 0.717) is 6.42 Å². The zero-order valence-electron chi connectivity index (χ0n) is 18.9. The Hall–Kier alpha value is -3.20. The molecule has 9 nitrogen and oxygen atoms in total. The van der Waals surface area contributed by atoms with Gasteiger partial charge in [-0.3, -0.25) is 9.59 Å². The van der Waals surface area contributed by atoms with E-state index >= 15 is 0 Å². The number of amides is 2. The van der Waals surface area contributed by atoms with Crippen molar-refractivity contribution in [2.45, 2.75) is 59.3 Å². The van der Waals surface area contributed by atoms with Gasteiger partial charge in [-0.1, -0.05) is 24.6 Å². The second-order valence-corrected chi connectivity index (χ2v) is 8.61. The second-order valence-electron chi connectivity index (χ2n) is 8.61. The number of carbonyl (C=O) groups excluding carboxylic acids is 2. The van der Waals surface area contributed by atoms with Gasteiger partial charge < -0.3 is 25.5 Å². The number of hydrogen-bond acceptors (Lipinski definition) is 5. The summed E-state index contributed by atoms with van der Waals surface area (Å²) in [4.78, 5) is 43.7. The highest BCUT2D eigenvalue weighted by molar-refractivity contribution is 5.94. The summed E-state index contributed by atoms with van der Waals surface area (Å²) in [6, 6.07) is 3.63. The number of H-pyrrole nitrogens is 1. The Bertz CT molecular complexity index is 981. The minimum absolute atomic E-state index is 0.156. The number of aromatic amines is 1. The predicted molar refractivity (Wildman–Crippen MR) is 118 cm³/mol. The number of ether oxygens (including phenoxy) is 1. The SMILES string of the molecule is Cc1cc(C)c(NC(=O)C(C)C(Cc2cnc[nH]2)C(C)NC(=O)C2OC2C(=O)O)c(C)c1. The lowest BCUT2D eigenvalue weighted by Crippen LogP contribution is -2.46. The number of benzene rings is 1. The average molecular weight is 443 g/mol. The molecule has 5 unspecified atom stereocenters. The lowest BCUT2D eigenvalue weighted by molar-refractivity contribution is -0.138. The normalized spacial score (nSPS) is 20.2. The van der Waals surface area contributed by atoms with Crippen LogP contribution in [0.15, 0.2) is 24.7 Å². The van der Waals surface area contributed by atoms with Crippen LogP contribution in [0.3, 0.4) is 0 Å². The molecule has 32 heavy (non-hydrogen) atoms. The maximum atomic E-state index is 13.2. The van der Waals surface area contributed by atoms with Crippen LogP contribution in [-0.4, -0.2) is 51.1 Å². The largest absolute Gasteiger partial charge is 0.479 e. The Morgan fingerprint density at radius 1 is 1.16 bits per heavy atom. The third-order valence-electron chi connectivity index (χ3n) is 6.00. The molecule has 0 bridgehead atoms. The molecule has 0 aliphatic carbocycles. The number of nitrogens with one attached hydrogen (secondary N) is 3. The molecule has 9 heteroatoms. The molecule has 1 saturated heterocycles. The molecule has 0 spiro atoms. The first kappa shape index (κ1) is 23.5. The number of nitrogens with zero attached hydrogens (tertiary/aromatic N) is 1. The van der Waals surface area contributed by atoms with Crippen molar-refractivity contribution in [2.75, 3.05) is 5.32 Å². The Kier molecular flexibility index (Phi) is 6.98. The van der Waals surface area contributed by atoms with E-state index in [1.54, 1.807) is 12.5 Å². The van der Waals surface area contributed by atoms with Gasteiger partial charge in [0.2, 0.25) is 5.91 Å². The molecule has 2 amide bonds. The zero-order chi connectivity index (χ0) is 23.6. The zero-order valence-corrected chi connectivity index (χ0v) is 18.9. The number of epoxide rings is 1. The smallest absolute Gasteiger partial charge is 0.336 e. The van der Waals surface area contributed by atoms with E-state index in [-0.39, 0.29) is 11.8 Å². The first-order valence-corrected chi connectivity index (χ1v) is 10.6. The van der Waals surface area contributed by atoms with Crippen LogP contribution >= 0.6 is 0 Å². The van der Waals surface area contributed by atoms with Gasteiger partial charge in [-0.25, -0.2) is 9.78 Å². The lowest BCUT2D eigenvalue weighted by Gasteiger charge is -2.29. The quantitative estimate of drug-likeness (QED) is 0.439. The van der Waals surface area contributed by atoms with E-state index in [4.69, 9.17) is 9.84 Å². The van der Waals surface area contributed by atoms with E-state index in [2.05, 4.69) is 20.6 Å². The van der Waals surface area contributed by atoms with Crippen molar-refractivity contribution in [3.05, 3.63) is 47.0 Å². The van der Waals surface area contributed by atoms with Crippen LogP contribution in [-0.2, 0) is 25.5 Å². The van der Waals surface area contributed by atoms with E-state index in [1.807, 2.05) is 46.8 Å². The highest BCUT2D eigenvalue weighted by Gasteiger charge is 2.51. The first-order chi connectivity index (χ1) is 15.1. The third-order valence-corrected chi connectivity index (χ3v) is 6.00. The number of anilines is 1. The summed E-state index contributed by atoms with van der Waals surface area (Å²) in [5.74, 6) is -2.53. The van der Waals surface area contributed by atoms with E-state index in [9.17, 15) is 14.4 Å². The summed E-state index contributed by atoms with van der Waals surface area (Å²) in [6.07, 6.45) is 1.63. The Labute approximate surface area is 187 Å². The number of aliphatic carboxylic acids is 1. The number of aryl methyl sites for hydroxylation is 3. The molecule has 1 aromatic carbocycles. The van der Waals surface area contributed by atoms with Crippen LogP contribution in [0.1, 0.15) is 36.2 Å². The summed E-state index contributed by atoms with van der Waals surface area (Å²) < 4.78 is 4.94. The molecule has 5 atom stereocenters. The molecule has 0 saturated carbocycles. The Morgan fingerprint density at radius 3 is 2.34 bits per heavy atom.